The van der Waals surface area contributed by atoms with E-state index >= 15 is 0 Å². The van der Waals surface area contributed by atoms with Gasteiger partial charge in [0.15, 0.2) is 5.78 Å². The molecule has 1 aliphatic carbocycles. The maximum Gasteiger partial charge on any atom is 0.332 e. The van der Waals surface area contributed by atoms with Crippen LogP contribution in [0.4, 0.5) is 5.82 Å². The number of carbonyl (C=O) groups is 1. The molecule has 0 unspecified atom stereocenters. The van der Waals surface area contributed by atoms with E-state index in [-0.39, 0.29) is 22.4 Å². The first kappa shape index (κ1) is 20.4. The molecular weight excluding hydrogens is 378 g/mol. The Morgan fingerprint density at radius 3 is 2.23 bits per heavy atom. The van der Waals surface area contributed by atoms with Gasteiger partial charge in [0, 0.05) is 37.7 Å². The first-order valence-electron chi connectivity index (χ1n) is 10.4. The van der Waals surface area contributed by atoms with Crippen LogP contribution in [0.1, 0.15) is 69.1 Å². The minimum atomic E-state index is -0.480. The monoisotopic (exact) mass is 407 g/mol. The number of carbonyl (C=O) groups excluding carboxylic acids is 1. The van der Waals surface area contributed by atoms with Crippen LogP contribution in [-0.4, -0.2) is 14.9 Å². The lowest BCUT2D eigenvalue weighted by Crippen LogP contribution is -2.45. The normalized spacial score (nSPS) is 20.1. The number of allylic oxidation sites excluding steroid dienone is 2. The third-order valence-corrected chi connectivity index (χ3v) is 6.40. The summed E-state index contributed by atoms with van der Waals surface area (Å²) in [5.74, 6) is 0.463. The molecular formula is C24H29N3O3. The molecule has 4 rings (SSSR count). The fourth-order valence-electron chi connectivity index (χ4n) is 4.76. The topological polar surface area (TPSA) is 73.1 Å². The Balaban J connectivity index is 2.02. The number of anilines is 1. The summed E-state index contributed by atoms with van der Waals surface area (Å²) in [7, 11) is 3.15. The Morgan fingerprint density at radius 1 is 1.00 bits per heavy atom. The number of rotatable bonds is 2. The van der Waals surface area contributed by atoms with Crippen LogP contribution in [0.3, 0.4) is 0 Å². The molecule has 1 N–H and O–H groups in total. The predicted molar refractivity (Wildman–Crippen MR) is 118 cm³/mol. The van der Waals surface area contributed by atoms with E-state index in [9.17, 15) is 14.4 Å². The second-order valence-electron chi connectivity index (χ2n) is 9.68. The van der Waals surface area contributed by atoms with Crippen molar-refractivity contribution in [2.75, 3.05) is 5.32 Å². The van der Waals surface area contributed by atoms with E-state index in [0.717, 1.165) is 15.8 Å². The average Bonchev–Trinajstić information content (AvgIpc) is 2.68. The Kier molecular flexibility index (Phi) is 4.64. The molecule has 1 aromatic carbocycles. The van der Waals surface area contributed by atoms with Gasteiger partial charge in [0.2, 0.25) is 0 Å². The second kappa shape index (κ2) is 6.83. The Bertz CT molecular complexity index is 1190. The van der Waals surface area contributed by atoms with Crippen molar-refractivity contribution in [1.82, 2.24) is 9.13 Å². The number of hydrogen-bond donors (Lipinski definition) is 1. The number of fused-ring (bicyclic) bond motifs is 1. The van der Waals surface area contributed by atoms with Crippen LogP contribution in [0, 0.1) is 5.41 Å². The highest BCUT2D eigenvalue weighted by atomic mass is 16.2. The van der Waals surface area contributed by atoms with Gasteiger partial charge in [-0.15, -0.1) is 0 Å². The van der Waals surface area contributed by atoms with Gasteiger partial charge in [-0.25, -0.2) is 4.79 Å². The minimum Gasteiger partial charge on any atom is -0.344 e. The fraction of sp³-hybridized carbons (Fsp3) is 0.458. The van der Waals surface area contributed by atoms with Crippen LogP contribution in [0.2, 0.25) is 0 Å². The zero-order valence-corrected chi connectivity index (χ0v) is 18.5. The van der Waals surface area contributed by atoms with Crippen molar-refractivity contribution >= 4 is 11.6 Å². The van der Waals surface area contributed by atoms with Crippen molar-refractivity contribution in [2.24, 2.45) is 19.5 Å². The maximum atomic E-state index is 13.3. The molecule has 6 heteroatoms. The zero-order valence-electron chi connectivity index (χ0n) is 18.5. The van der Waals surface area contributed by atoms with Crippen LogP contribution < -0.4 is 16.6 Å². The van der Waals surface area contributed by atoms with Gasteiger partial charge in [-0.2, -0.15) is 0 Å². The second-order valence-corrected chi connectivity index (χ2v) is 9.68. The molecule has 1 aromatic heterocycles. The number of nitrogens with zero attached hydrogens (tertiary/aromatic N) is 2. The summed E-state index contributed by atoms with van der Waals surface area (Å²) in [6, 6.07) is 8.14. The zero-order chi connectivity index (χ0) is 22.0. The molecule has 158 valence electrons. The molecule has 1 atom stereocenters. The summed E-state index contributed by atoms with van der Waals surface area (Å²) in [5, 5.41) is 3.30. The molecule has 0 radical (unpaired) electrons. The van der Waals surface area contributed by atoms with Crippen molar-refractivity contribution in [3.8, 4) is 0 Å². The van der Waals surface area contributed by atoms with Crippen molar-refractivity contribution in [1.29, 1.82) is 0 Å². The first-order valence-corrected chi connectivity index (χ1v) is 10.4. The van der Waals surface area contributed by atoms with Gasteiger partial charge >= 0.3 is 5.69 Å². The van der Waals surface area contributed by atoms with Gasteiger partial charge in [-0.05, 0) is 28.9 Å². The average molecular weight is 408 g/mol. The number of nitrogens with one attached hydrogen (secondary N) is 1. The predicted octanol–water partition coefficient (Wildman–Crippen LogP) is 3.41. The Morgan fingerprint density at radius 2 is 1.63 bits per heavy atom. The molecule has 30 heavy (non-hydrogen) atoms. The lowest BCUT2D eigenvalue weighted by atomic mass is 9.69. The van der Waals surface area contributed by atoms with Crippen LogP contribution in [0.25, 0.3) is 0 Å². The van der Waals surface area contributed by atoms with Crippen molar-refractivity contribution < 1.29 is 4.79 Å². The summed E-state index contributed by atoms with van der Waals surface area (Å²) in [5.41, 5.74) is 3.13. The van der Waals surface area contributed by atoms with Gasteiger partial charge in [-0.1, -0.05) is 52.0 Å². The van der Waals surface area contributed by atoms with E-state index in [4.69, 9.17) is 0 Å². The van der Waals surface area contributed by atoms with E-state index in [1.807, 2.05) is 12.1 Å². The highest BCUT2D eigenvalue weighted by Crippen LogP contribution is 2.47. The Hall–Kier alpha value is -2.89. The minimum absolute atomic E-state index is 0.0632. The van der Waals surface area contributed by atoms with Crippen LogP contribution in [-0.2, 0) is 18.9 Å². The number of aromatic nitrogens is 2. The van der Waals surface area contributed by atoms with Crippen LogP contribution in [0.15, 0.2) is 45.1 Å². The molecule has 2 heterocycles. The molecule has 6 nitrogen and oxygen atoms in total. The number of benzene rings is 1. The van der Waals surface area contributed by atoms with Gasteiger partial charge in [0.1, 0.15) is 5.82 Å². The highest BCUT2D eigenvalue weighted by molar-refractivity contribution is 6.01. The van der Waals surface area contributed by atoms with Crippen LogP contribution >= 0.6 is 0 Å². The lowest BCUT2D eigenvalue weighted by molar-refractivity contribution is -0.118. The first-order chi connectivity index (χ1) is 14.0. The number of ketones is 1. The summed E-state index contributed by atoms with van der Waals surface area (Å²) in [6.45, 7) is 8.41. The summed E-state index contributed by atoms with van der Waals surface area (Å²) < 4.78 is 2.60. The molecule has 0 bridgehead atoms. The lowest BCUT2D eigenvalue weighted by Gasteiger charge is -2.39. The molecule has 2 aromatic rings. The van der Waals surface area contributed by atoms with Crippen molar-refractivity contribution in [3.05, 3.63) is 73.1 Å². The Labute approximate surface area is 176 Å². The van der Waals surface area contributed by atoms with Gasteiger partial charge < -0.3 is 5.32 Å². The van der Waals surface area contributed by atoms with Gasteiger partial charge in [-0.3, -0.25) is 18.7 Å². The standard InChI is InChI=1S/C24H29N3O3/c1-13(2)14-7-9-15(10-8-14)18-19-16(11-24(3,4)12-17(19)28)25-21-20(18)22(29)27(6)23(30)26(21)5/h7-10,13,18,25H,11-12H2,1-6H3/t18-/m0/s1. The quantitative estimate of drug-likeness (QED) is 0.828. The third-order valence-electron chi connectivity index (χ3n) is 6.40. The van der Waals surface area contributed by atoms with Gasteiger partial charge in [0.05, 0.1) is 5.56 Å². The summed E-state index contributed by atoms with van der Waals surface area (Å²) >= 11 is 0. The van der Waals surface area contributed by atoms with Crippen molar-refractivity contribution in [3.63, 3.8) is 0 Å². The van der Waals surface area contributed by atoms with E-state index in [1.165, 1.54) is 17.2 Å². The molecule has 0 saturated heterocycles. The molecule has 2 aliphatic rings. The SMILES string of the molecule is CC(C)c1ccc([C@H]2C3=C(CC(C)(C)CC3=O)Nc3c2c(=O)n(C)c(=O)n3C)cc1. The summed E-state index contributed by atoms with van der Waals surface area (Å²) in [6.07, 6.45) is 1.13. The van der Waals surface area contributed by atoms with Gasteiger partial charge in [0.25, 0.3) is 5.56 Å². The molecule has 1 aliphatic heterocycles. The smallest absolute Gasteiger partial charge is 0.332 e. The summed E-state index contributed by atoms with van der Waals surface area (Å²) in [4.78, 5) is 39.1. The largest absolute Gasteiger partial charge is 0.344 e. The van der Waals surface area contributed by atoms with E-state index in [0.29, 0.717) is 35.7 Å². The number of hydrogen-bond acceptors (Lipinski definition) is 4. The molecule has 0 amide bonds. The maximum absolute atomic E-state index is 13.3. The fourth-order valence-corrected chi connectivity index (χ4v) is 4.76. The third kappa shape index (κ3) is 3.06. The molecule has 0 spiro atoms. The molecule has 0 saturated carbocycles. The van der Waals surface area contributed by atoms with E-state index in [2.05, 4.69) is 45.1 Å². The number of Topliss-reactive ketones (excluding diaryl/α,β-unsaturated/α-hetero) is 1. The highest BCUT2D eigenvalue weighted by Gasteiger charge is 2.42. The van der Waals surface area contributed by atoms with E-state index < -0.39 is 5.92 Å². The van der Waals surface area contributed by atoms with E-state index in [1.54, 1.807) is 7.05 Å². The van der Waals surface area contributed by atoms with Crippen molar-refractivity contribution in [2.45, 2.75) is 52.4 Å². The molecule has 0 fully saturated rings. The van der Waals surface area contributed by atoms with Crippen LogP contribution in [0.5, 0.6) is 0 Å².